The standard InChI is InChI=1S/C11H13NO/c1-7-4-5-9-8(2)11(12-3)13-10(9)6-7/h4-5,7H,2,6H2,1,3H3. The summed E-state index contributed by atoms with van der Waals surface area (Å²) in [4.78, 5) is 4.04. The van der Waals surface area contributed by atoms with Crippen LogP contribution in [0.25, 0.3) is 0 Å². The van der Waals surface area contributed by atoms with Crippen LogP contribution >= 0.6 is 0 Å². The third-order valence-electron chi connectivity index (χ3n) is 2.41. The molecule has 13 heavy (non-hydrogen) atoms. The summed E-state index contributed by atoms with van der Waals surface area (Å²) in [6, 6.07) is 0. The van der Waals surface area contributed by atoms with E-state index in [4.69, 9.17) is 4.74 Å². The zero-order chi connectivity index (χ0) is 9.42. The molecule has 1 heterocycles. The van der Waals surface area contributed by atoms with Crippen molar-refractivity contribution in [2.24, 2.45) is 10.9 Å². The molecule has 2 heteroatoms. The summed E-state index contributed by atoms with van der Waals surface area (Å²) in [6.45, 7) is 6.13. The Bertz CT molecular complexity index is 347. The topological polar surface area (TPSA) is 21.6 Å². The van der Waals surface area contributed by atoms with Crippen LogP contribution in [0.3, 0.4) is 0 Å². The second-order valence-corrected chi connectivity index (χ2v) is 3.49. The molecule has 1 aliphatic carbocycles. The summed E-state index contributed by atoms with van der Waals surface area (Å²) < 4.78 is 5.58. The number of hydrogen-bond donors (Lipinski definition) is 0. The van der Waals surface area contributed by atoms with Gasteiger partial charge in [0, 0.05) is 24.6 Å². The summed E-state index contributed by atoms with van der Waals surface area (Å²) in [5, 5.41) is 0. The summed E-state index contributed by atoms with van der Waals surface area (Å²) in [5.41, 5.74) is 2.04. The van der Waals surface area contributed by atoms with E-state index in [1.54, 1.807) is 7.05 Å². The maximum absolute atomic E-state index is 5.58. The highest BCUT2D eigenvalue weighted by Gasteiger charge is 2.27. The SMILES string of the molecule is C=C1C(=NC)OC2=C1C=CC(C)C2. The van der Waals surface area contributed by atoms with Gasteiger partial charge in [-0.05, 0) is 5.92 Å². The molecule has 0 aromatic carbocycles. The number of ether oxygens (including phenoxy) is 1. The Morgan fingerprint density at radius 1 is 1.62 bits per heavy atom. The minimum absolute atomic E-state index is 0.558. The van der Waals surface area contributed by atoms with E-state index >= 15 is 0 Å². The maximum atomic E-state index is 5.58. The van der Waals surface area contributed by atoms with E-state index in [1.165, 1.54) is 0 Å². The fourth-order valence-electron chi connectivity index (χ4n) is 1.66. The maximum Gasteiger partial charge on any atom is 0.221 e. The number of hydrogen-bond acceptors (Lipinski definition) is 2. The fourth-order valence-corrected chi connectivity index (χ4v) is 1.66. The number of aliphatic imine (C=N–C) groups is 1. The van der Waals surface area contributed by atoms with Crippen molar-refractivity contribution in [3.63, 3.8) is 0 Å². The van der Waals surface area contributed by atoms with Gasteiger partial charge < -0.3 is 4.74 Å². The van der Waals surface area contributed by atoms with Gasteiger partial charge in [0.05, 0.1) is 0 Å². The first-order valence-electron chi connectivity index (χ1n) is 4.48. The van der Waals surface area contributed by atoms with Crippen LogP contribution in [0.5, 0.6) is 0 Å². The Hall–Kier alpha value is -1.31. The highest BCUT2D eigenvalue weighted by atomic mass is 16.5. The van der Waals surface area contributed by atoms with Crippen molar-refractivity contribution in [3.8, 4) is 0 Å². The van der Waals surface area contributed by atoms with Crippen molar-refractivity contribution < 1.29 is 4.74 Å². The highest BCUT2D eigenvalue weighted by molar-refractivity contribution is 6.01. The first-order valence-corrected chi connectivity index (χ1v) is 4.48. The predicted octanol–water partition coefficient (Wildman–Crippen LogP) is 2.45. The average molecular weight is 175 g/mol. The highest BCUT2D eigenvalue weighted by Crippen LogP contribution is 2.34. The Labute approximate surface area is 78.3 Å². The fraction of sp³-hybridized carbons (Fsp3) is 0.364. The van der Waals surface area contributed by atoms with Gasteiger partial charge >= 0.3 is 0 Å². The van der Waals surface area contributed by atoms with Crippen LogP contribution in [0, 0.1) is 5.92 Å². The van der Waals surface area contributed by atoms with Crippen LogP contribution in [0.4, 0.5) is 0 Å². The summed E-state index contributed by atoms with van der Waals surface area (Å²) in [6.07, 6.45) is 5.24. The van der Waals surface area contributed by atoms with E-state index in [2.05, 4.69) is 30.6 Å². The van der Waals surface area contributed by atoms with E-state index in [0.29, 0.717) is 11.8 Å². The van der Waals surface area contributed by atoms with Crippen LogP contribution in [0.1, 0.15) is 13.3 Å². The van der Waals surface area contributed by atoms with Gasteiger partial charge in [-0.1, -0.05) is 25.7 Å². The molecule has 1 unspecified atom stereocenters. The summed E-state index contributed by atoms with van der Waals surface area (Å²) >= 11 is 0. The Balaban J connectivity index is 2.34. The molecule has 0 aromatic rings. The Morgan fingerprint density at radius 3 is 3.08 bits per heavy atom. The largest absolute Gasteiger partial charge is 0.442 e. The third-order valence-corrected chi connectivity index (χ3v) is 2.41. The molecular weight excluding hydrogens is 162 g/mol. The molecule has 1 aliphatic heterocycles. The first kappa shape index (κ1) is 8.30. The average Bonchev–Trinajstić information content (AvgIpc) is 2.42. The molecule has 0 radical (unpaired) electrons. The third kappa shape index (κ3) is 1.22. The van der Waals surface area contributed by atoms with Gasteiger partial charge in [-0.2, -0.15) is 0 Å². The van der Waals surface area contributed by atoms with E-state index in [9.17, 15) is 0 Å². The van der Waals surface area contributed by atoms with Crippen molar-refractivity contribution in [2.75, 3.05) is 7.05 Å². The van der Waals surface area contributed by atoms with Crippen molar-refractivity contribution in [3.05, 3.63) is 35.6 Å². The molecule has 0 saturated heterocycles. The van der Waals surface area contributed by atoms with Crippen LogP contribution in [0.15, 0.2) is 40.6 Å². The smallest absolute Gasteiger partial charge is 0.221 e. The van der Waals surface area contributed by atoms with Gasteiger partial charge in [0.25, 0.3) is 0 Å². The van der Waals surface area contributed by atoms with Gasteiger partial charge in [0.15, 0.2) is 0 Å². The lowest BCUT2D eigenvalue weighted by Gasteiger charge is -2.11. The Kier molecular flexibility index (Phi) is 1.83. The Morgan fingerprint density at radius 2 is 2.38 bits per heavy atom. The van der Waals surface area contributed by atoms with Crippen LogP contribution in [0.2, 0.25) is 0 Å². The van der Waals surface area contributed by atoms with Crippen molar-refractivity contribution >= 4 is 5.90 Å². The molecule has 0 N–H and O–H groups in total. The monoisotopic (exact) mass is 175 g/mol. The van der Waals surface area contributed by atoms with E-state index in [1.807, 2.05) is 0 Å². The molecule has 0 aromatic heterocycles. The molecule has 1 atom stereocenters. The summed E-state index contributed by atoms with van der Waals surface area (Å²) in [5.74, 6) is 2.26. The number of nitrogens with zero attached hydrogens (tertiary/aromatic N) is 1. The zero-order valence-electron chi connectivity index (χ0n) is 8.00. The second-order valence-electron chi connectivity index (χ2n) is 3.49. The minimum Gasteiger partial charge on any atom is -0.442 e. The molecule has 0 saturated carbocycles. The van der Waals surface area contributed by atoms with E-state index in [0.717, 1.165) is 23.3 Å². The minimum atomic E-state index is 0.558. The molecule has 0 spiro atoms. The molecule has 2 nitrogen and oxygen atoms in total. The van der Waals surface area contributed by atoms with Crippen LogP contribution < -0.4 is 0 Å². The molecule has 0 bridgehead atoms. The molecule has 68 valence electrons. The van der Waals surface area contributed by atoms with Crippen LogP contribution in [-0.2, 0) is 4.74 Å². The van der Waals surface area contributed by atoms with E-state index < -0.39 is 0 Å². The van der Waals surface area contributed by atoms with Crippen molar-refractivity contribution in [1.82, 2.24) is 0 Å². The number of allylic oxidation sites excluding steroid dienone is 3. The van der Waals surface area contributed by atoms with E-state index in [-0.39, 0.29) is 0 Å². The lowest BCUT2D eigenvalue weighted by Crippen LogP contribution is -2.00. The van der Waals surface area contributed by atoms with Gasteiger partial charge in [-0.25, -0.2) is 0 Å². The second kappa shape index (κ2) is 2.87. The quantitative estimate of drug-likeness (QED) is 0.554. The normalized spacial score (nSPS) is 29.5. The lowest BCUT2D eigenvalue weighted by atomic mass is 9.95. The predicted molar refractivity (Wildman–Crippen MR) is 53.5 cm³/mol. The van der Waals surface area contributed by atoms with Gasteiger partial charge in [-0.3, -0.25) is 4.99 Å². The van der Waals surface area contributed by atoms with Gasteiger partial charge in [0.2, 0.25) is 5.90 Å². The van der Waals surface area contributed by atoms with Crippen molar-refractivity contribution in [2.45, 2.75) is 13.3 Å². The van der Waals surface area contributed by atoms with Crippen molar-refractivity contribution in [1.29, 1.82) is 0 Å². The first-order chi connectivity index (χ1) is 6.22. The molecule has 2 rings (SSSR count). The van der Waals surface area contributed by atoms with Crippen LogP contribution in [-0.4, -0.2) is 12.9 Å². The molecule has 0 amide bonds. The zero-order valence-corrected chi connectivity index (χ0v) is 8.00. The molecule has 0 fully saturated rings. The summed E-state index contributed by atoms with van der Waals surface area (Å²) in [7, 11) is 1.73. The van der Waals surface area contributed by atoms with Gasteiger partial charge in [-0.15, -0.1) is 0 Å². The number of rotatable bonds is 0. The van der Waals surface area contributed by atoms with Gasteiger partial charge in [0.1, 0.15) is 5.76 Å². The molecular formula is C11H13NO. The lowest BCUT2D eigenvalue weighted by molar-refractivity contribution is 0.386. The molecule has 2 aliphatic rings.